The van der Waals surface area contributed by atoms with Gasteiger partial charge in [-0.2, -0.15) is 0 Å². The highest BCUT2D eigenvalue weighted by Gasteiger charge is 2.15. The number of rotatable bonds is 12. The van der Waals surface area contributed by atoms with Crippen LogP contribution in [-0.4, -0.2) is 0 Å². The lowest BCUT2D eigenvalue weighted by molar-refractivity contribution is 0.305. The third-order valence-corrected chi connectivity index (χ3v) is 4.42. The molecule has 0 nitrogen and oxygen atoms in total. The van der Waals surface area contributed by atoms with Crippen molar-refractivity contribution in [2.75, 3.05) is 0 Å². The van der Waals surface area contributed by atoms with Crippen LogP contribution in [0.2, 0.25) is 0 Å². The van der Waals surface area contributed by atoms with E-state index in [9.17, 15) is 0 Å². The maximum absolute atomic E-state index is 4.43. The maximum atomic E-state index is 4.43. The summed E-state index contributed by atoms with van der Waals surface area (Å²) >= 11 is 0. The third kappa shape index (κ3) is 9.00. The quantitative estimate of drug-likeness (QED) is 0.365. The van der Waals surface area contributed by atoms with E-state index in [1.54, 1.807) is 0 Å². The van der Waals surface area contributed by atoms with Gasteiger partial charge in [0.1, 0.15) is 0 Å². The first-order chi connectivity index (χ1) is 8.67. The molecule has 0 saturated carbocycles. The van der Waals surface area contributed by atoms with Crippen molar-refractivity contribution in [3.05, 3.63) is 6.92 Å². The standard InChI is InChI=1S/C18H37/c1-6-10-12-17(8-3)14-16(5)15-18(9-4)13-11-7-2/h16-18H,5-15H2,1-4H3. The van der Waals surface area contributed by atoms with Crippen molar-refractivity contribution in [2.24, 2.45) is 17.8 Å². The van der Waals surface area contributed by atoms with Crippen LogP contribution in [-0.2, 0) is 0 Å². The lowest BCUT2D eigenvalue weighted by atomic mass is 9.83. The van der Waals surface area contributed by atoms with Crippen molar-refractivity contribution >= 4 is 0 Å². The smallest absolute Gasteiger partial charge is 0.0409 e. The first kappa shape index (κ1) is 18.0. The summed E-state index contributed by atoms with van der Waals surface area (Å²) in [7, 11) is 0. The van der Waals surface area contributed by atoms with Gasteiger partial charge in [-0.15, -0.1) is 0 Å². The number of unbranched alkanes of at least 4 members (excludes halogenated alkanes) is 2. The Balaban J connectivity index is 3.92. The molecule has 0 fully saturated rings. The zero-order chi connectivity index (χ0) is 13.8. The minimum atomic E-state index is 0.689. The molecule has 0 saturated heterocycles. The van der Waals surface area contributed by atoms with Gasteiger partial charge in [0.15, 0.2) is 0 Å². The lowest BCUT2D eigenvalue weighted by Gasteiger charge is -2.23. The molecule has 2 unspecified atom stereocenters. The van der Waals surface area contributed by atoms with Gasteiger partial charge in [0.05, 0.1) is 0 Å². The summed E-state index contributed by atoms with van der Waals surface area (Å²) in [6.45, 7) is 13.7. The van der Waals surface area contributed by atoms with E-state index in [1.807, 2.05) is 0 Å². The van der Waals surface area contributed by atoms with E-state index in [-0.39, 0.29) is 0 Å². The van der Waals surface area contributed by atoms with Crippen molar-refractivity contribution in [2.45, 2.75) is 91.9 Å². The topological polar surface area (TPSA) is 0 Å². The second kappa shape index (κ2) is 12.1. The third-order valence-electron chi connectivity index (χ3n) is 4.42. The fourth-order valence-corrected chi connectivity index (χ4v) is 3.00. The SMILES string of the molecule is [CH2]C(CC(CC)CCCC)CC(CC)CCCC. The lowest BCUT2D eigenvalue weighted by Crippen LogP contribution is -2.11. The monoisotopic (exact) mass is 253 g/mol. The molecule has 0 aromatic carbocycles. The molecule has 0 aliphatic carbocycles. The summed E-state index contributed by atoms with van der Waals surface area (Å²) in [5, 5.41) is 0. The van der Waals surface area contributed by atoms with E-state index < -0.39 is 0 Å². The van der Waals surface area contributed by atoms with Crippen molar-refractivity contribution in [3.63, 3.8) is 0 Å². The molecule has 18 heavy (non-hydrogen) atoms. The van der Waals surface area contributed by atoms with Crippen molar-refractivity contribution in [1.29, 1.82) is 0 Å². The van der Waals surface area contributed by atoms with Crippen LogP contribution in [0, 0.1) is 24.7 Å². The highest BCUT2D eigenvalue weighted by Crippen LogP contribution is 2.28. The van der Waals surface area contributed by atoms with E-state index in [0.29, 0.717) is 5.92 Å². The number of hydrogen-bond acceptors (Lipinski definition) is 0. The number of hydrogen-bond donors (Lipinski definition) is 0. The van der Waals surface area contributed by atoms with E-state index >= 15 is 0 Å². The van der Waals surface area contributed by atoms with Crippen LogP contribution >= 0.6 is 0 Å². The average Bonchev–Trinajstić information content (AvgIpc) is 2.39. The maximum Gasteiger partial charge on any atom is -0.0409 e. The van der Waals surface area contributed by atoms with Gasteiger partial charge in [0.2, 0.25) is 0 Å². The molecular weight excluding hydrogens is 216 g/mol. The Labute approximate surface area is 117 Å². The minimum Gasteiger partial charge on any atom is -0.0654 e. The largest absolute Gasteiger partial charge is 0.0654 e. The fraction of sp³-hybridized carbons (Fsp3) is 0.944. The molecule has 0 aliphatic heterocycles. The highest BCUT2D eigenvalue weighted by molar-refractivity contribution is 4.71. The molecule has 0 bridgehead atoms. The van der Waals surface area contributed by atoms with Gasteiger partial charge in [-0.25, -0.2) is 0 Å². The second-order valence-electron chi connectivity index (χ2n) is 6.17. The summed E-state index contributed by atoms with van der Waals surface area (Å²) in [4.78, 5) is 0. The first-order valence-corrected chi connectivity index (χ1v) is 8.50. The second-order valence-corrected chi connectivity index (χ2v) is 6.17. The molecule has 0 spiro atoms. The Morgan fingerprint density at radius 3 is 1.39 bits per heavy atom. The van der Waals surface area contributed by atoms with Crippen molar-refractivity contribution in [3.8, 4) is 0 Å². The molecule has 0 heterocycles. The summed E-state index contributed by atoms with van der Waals surface area (Å²) in [6, 6.07) is 0. The van der Waals surface area contributed by atoms with Gasteiger partial charge >= 0.3 is 0 Å². The van der Waals surface area contributed by atoms with E-state index in [2.05, 4.69) is 34.6 Å². The van der Waals surface area contributed by atoms with Crippen LogP contribution in [0.15, 0.2) is 0 Å². The van der Waals surface area contributed by atoms with Gasteiger partial charge in [0, 0.05) is 0 Å². The summed E-state index contributed by atoms with van der Waals surface area (Å²) < 4.78 is 0. The predicted molar refractivity (Wildman–Crippen MR) is 84.7 cm³/mol. The summed E-state index contributed by atoms with van der Waals surface area (Å²) in [5.41, 5.74) is 0. The van der Waals surface area contributed by atoms with Gasteiger partial charge in [-0.05, 0) is 30.6 Å². The van der Waals surface area contributed by atoms with Crippen LogP contribution in [0.5, 0.6) is 0 Å². The summed E-state index contributed by atoms with van der Waals surface area (Å²) in [5.74, 6) is 2.54. The molecule has 0 amide bonds. The van der Waals surface area contributed by atoms with Gasteiger partial charge in [-0.1, -0.05) is 86.0 Å². The molecule has 0 rings (SSSR count). The van der Waals surface area contributed by atoms with Crippen molar-refractivity contribution in [1.82, 2.24) is 0 Å². The van der Waals surface area contributed by atoms with Crippen LogP contribution in [0.4, 0.5) is 0 Å². The fourth-order valence-electron chi connectivity index (χ4n) is 3.00. The molecule has 0 aromatic heterocycles. The summed E-state index contributed by atoms with van der Waals surface area (Å²) in [6.07, 6.45) is 13.7. The molecule has 0 heteroatoms. The zero-order valence-electron chi connectivity index (χ0n) is 13.5. The molecule has 0 aliphatic rings. The first-order valence-electron chi connectivity index (χ1n) is 8.50. The minimum absolute atomic E-state index is 0.689. The molecule has 109 valence electrons. The van der Waals surface area contributed by atoms with Crippen molar-refractivity contribution < 1.29 is 0 Å². The Hall–Kier alpha value is 0. The zero-order valence-corrected chi connectivity index (χ0v) is 13.5. The van der Waals surface area contributed by atoms with E-state index in [4.69, 9.17) is 0 Å². The molecule has 0 N–H and O–H groups in total. The van der Waals surface area contributed by atoms with Gasteiger partial charge in [-0.3, -0.25) is 0 Å². The molecule has 0 aromatic rings. The normalized spacial score (nSPS) is 16.5. The predicted octanol–water partition coefficient (Wildman–Crippen LogP) is 6.65. The van der Waals surface area contributed by atoms with Crippen LogP contribution in [0.25, 0.3) is 0 Å². The van der Waals surface area contributed by atoms with Crippen LogP contribution < -0.4 is 0 Å². The average molecular weight is 253 g/mol. The Morgan fingerprint density at radius 2 is 1.11 bits per heavy atom. The van der Waals surface area contributed by atoms with Crippen LogP contribution in [0.3, 0.4) is 0 Å². The Bertz CT molecular complexity index is 143. The molecular formula is C18H37. The van der Waals surface area contributed by atoms with Gasteiger partial charge < -0.3 is 0 Å². The Morgan fingerprint density at radius 1 is 0.722 bits per heavy atom. The van der Waals surface area contributed by atoms with Gasteiger partial charge in [0.25, 0.3) is 0 Å². The highest BCUT2D eigenvalue weighted by atomic mass is 14.2. The van der Waals surface area contributed by atoms with Crippen LogP contribution in [0.1, 0.15) is 91.9 Å². The van der Waals surface area contributed by atoms with E-state index in [0.717, 1.165) is 11.8 Å². The molecule has 1 radical (unpaired) electrons. The Kier molecular flexibility index (Phi) is 12.1. The molecule has 2 atom stereocenters. The van der Waals surface area contributed by atoms with E-state index in [1.165, 1.54) is 64.2 Å².